The smallest absolute Gasteiger partial charge is 0.0584 e. The molecule has 0 N–H and O–H groups in total. The van der Waals surface area contributed by atoms with Crippen LogP contribution in [0, 0.1) is 0 Å². The van der Waals surface area contributed by atoms with Crippen LogP contribution in [0.2, 0.25) is 0 Å². The maximum Gasteiger partial charge on any atom is 0.0584 e. The molecule has 0 fully saturated rings. The fraction of sp³-hybridized carbons (Fsp3) is 0.364. The normalized spacial score (nSPS) is 11.7. The Morgan fingerprint density at radius 2 is 2.00 bits per heavy atom. The van der Waals surface area contributed by atoms with E-state index in [0.717, 1.165) is 17.7 Å². The summed E-state index contributed by atoms with van der Waals surface area (Å²) >= 11 is 4.45. The Labute approximate surface area is 97.9 Å². The maximum atomic E-state index is 11.7. The number of benzene rings is 1. The standard InChI is InChI=1S/C11H13NOS2/c13-15(9-5-4-8-12-10-14)11-6-2-1-3-7-11/h1-3,6-7H,4-5,8-9H2/t15-/m1/s1. The van der Waals surface area contributed by atoms with Crippen LogP contribution in [0.5, 0.6) is 0 Å². The molecule has 0 radical (unpaired) electrons. The van der Waals surface area contributed by atoms with E-state index < -0.39 is 10.8 Å². The van der Waals surface area contributed by atoms with Crippen LogP contribution in [-0.4, -0.2) is 21.7 Å². The highest BCUT2D eigenvalue weighted by Gasteiger charge is 2.01. The van der Waals surface area contributed by atoms with E-state index >= 15 is 0 Å². The van der Waals surface area contributed by atoms with Crippen LogP contribution in [-0.2, 0) is 10.8 Å². The molecule has 0 heterocycles. The van der Waals surface area contributed by atoms with Crippen molar-refractivity contribution in [2.75, 3.05) is 12.3 Å². The van der Waals surface area contributed by atoms with Gasteiger partial charge >= 0.3 is 0 Å². The molecule has 80 valence electrons. The third-order valence-electron chi connectivity index (χ3n) is 1.92. The average molecular weight is 239 g/mol. The molecule has 0 saturated carbocycles. The van der Waals surface area contributed by atoms with Gasteiger partial charge in [-0.05, 0) is 37.2 Å². The Hall–Kier alpha value is -0.830. The monoisotopic (exact) mass is 239 g/mol. The molecule has 1 rings (SSSR count). The minimum absolute atomic E-state index is 0.690. The second-order valence-electron chi connectivity index (χ2n) is 3.04. The van der Waals surface area contributed by atoms with E-state index in [9.17, 15) is 4.21 Å². The molecular weight excluding hydrogens is 226 g/mol. The predicted molar refractivity (Wildman–Crippen MR) is 66.8 cm³/mol. The first kappa shape index (κ1) is 12.2. The molecule has 0 spiro atoms. The summed E-state index contributed by atoms with van der Waals surface area (Å²) in [4.78, 5) is 4.71. The lowest BCUT2D eigenvalue weighted by Crippen LogP contribution is -1.98. The summed E-state index contributed by atoms with van der Waals surface area (Å²) < 4.78 is 11.7. The summed E-state index contributed by atoms with van der Waals surface area (Å²) in [5, 5.41) is 2.32. The Morgan fingerprint density at radius 3 is 2.67 bits per heavy atom. The van der Waals surface area contributed by atoms with E-state index in [1.807, 2.05) is 30.3 Å². The maximum absolute atomic E-state index is 11.7. The SMILES string of the molecule is O=[S@](CCCCN=C=S)c1ccccc1. The van der Waals surface area contributed by atoms with E-state index in [0.29, 0.717) is 12.3 Å². The van der Waals surface area contributed by atoms with Gasteiger partial charge in [0.1, 0.15) is 0 Å². The number of hydrogen-bond acceptors (Lipinski definition) is 3. The van der Waals surface area contributed by atoms with Gasteiger partial charge < -0.3 is 0 Å². The van der Waals surface area contributed by atoms with E-state index in [4.69, 9.17) is 0 Å². The number of thiocarbonyl (C=S) groups is 1. The molecular formula is C11H13NOS2. The summed E-state index contributed by atoms with van der Waals surface area (Å²) in [7, 11) is -0.877. The summed E-state index contributed by atoms with van der Waals surface area (Å²) in [6, 6.07) is 9.53. The van der Waals surface area contributed by atoms with Crippen molar-refractivity contribution in [3.63, 3.8) is 0 Å². The highest BCUT2D eigenvalue weighted by molar-refractivity contribution is 7.85. The molecule has 0 amide bonds. The minimum Gasteiger partial charge on any atom is -0.254 e. The van der Waals surface area contributed by atoms with Crippen LogP contribution in [0.4, 0.5) is 0 Å². The number of rotatable bonds is 6. The lowest BCUT2D eigenvalue weighted by atomic mass is 10.3. The molecule has 2 nitrogen and oxygen atoms in total. The van der Waals surface area contributed by atoms with Crippen LogP contribution in [0.3, 0.4) is 0 Å². The molecule has 0 saturated heterocycles. The predicted octanol–water partition coefficient (Wildman–Crippen LogP) is 2.68. The van der Waals surface area contributed by atoms with Crippen LogP contribution in [0.1, 0.15) is 12.8 Å². The minimum atomic E-state index is -0.877. The molecule has 4 heteroatoms. The zero-order valence-corrected chi connectivity index (χ0v) is 10.0. The zero-order valence-electron chi connectivity index (χ0n) is 8.39. The van der Waals surface area contributed by atoms with Crippen molar-refractivity contribution in [3.05, 3.63) is 30.3 Å². The van der Waals surface area contributed by atoms with Crippen LogP contribution < -0.4 is 0 Å². The average Bonchev–Trinajstić information content (AvgIpc) is 2.30. The zero-order chi connectivity index (χ0) is 10.9. The van der Waals surface area contributed by atoms with Gasteiger partial charge in [-0.2, -0.15) is 0 Å². The van der Waals surface area contributed by atoms with E-state index in [2.05, 4.69) is 22.4 Å². The Kier molecular flexibility index (Phi) is 6.09. The largest absolute Gasteiger partial charge is 0.254 e. The summed E-state index contributed by atoms with van der Waals surface area (Å²) in [5.41, 5.74) is 0. The molecule has 1 aromatic carbocycles. The molecule has 0 unspecified atom stereocenters. The first-order valence-electron chi connectivity index (χ1n) is 4.81. The van der Waals surface area contributed by atoms with Crippen molar-refractivity contribution < 1.29 is 4.21 Å². The number of nitrogens with zero attached hydrogens (tertiary/aromatic N) is 1. The molecule has 0 bridgehead atoms. The lowest BCUT2D eigenvalue weighted by molar-refractivity contribution is 0.678. The number of hydrogen-bond donors (Lipinski definition) is 0. The second-order valence-corrected chi connectivity index (χ2v) is 4.80. The summed E-state index contributed by atoms with van der Waals surface area (Å²) in [6.45, 7) is 0.690. The van der Waals surface area contributed by atoms with Crippen molar-refractivity contribution in [3.8, 4) is 0 Å². The van der Waals surface area contributed by atoms with Crippen molar-refractivity contribution >= 4 is 28.2 Å². The van der Waals surface area contributed by atoms with Gasteiger partial charge in [-0.25, -0.2) is 4.99 Å². The molecule has 15 heavy (non-hydrogen) atoms. The summed E-state index contributed by atoms with van der Waals surface area (Å²) in [6.07, 6.45) is 1.82. The van der Waals surface area contributed by atoms with E-state index in [1.54, 1.807) is 0 Å². The second kappa shape index (κ2) is 7.46. The van der Waals surface area contributed by atoms with Crippen LogP contribution in [0.25, 0.3) is 0 Å². The molecule has 1 aromatic rings. The highest BCUT2D eigenvalue weighted by Crippen LogP contribution is 2.07. The number of isothiocyanates is 1. The fourth-order valence-corrected chi connectivity index (χ4v) is 2.41. The van der Waals surface area contributed by atoms with Crippen molar-refractivity contribution in [1.82, 2.24) is 0 Å². The van der Waals surface area contributed by atoms with E-state index in [-0.39, 0.29) is 0 Å². The van der Waals surface area contributed by atoms with Crippen molar-refractivity contribution in [2.24, 2.45) is 4.99 Å². The lowest BCUT2D eigenvalue weighted by Gasteiger charge is -2.00. The third-order valence-corrected chi connectivity index (χ3v) is 3.51. The number of unbranched alkanes of at least 4 members (excludes halogenated alkanes) is 1. The van der Waals surface area contributed by atoms with Crippen molar-refractivity contribution in [2.45, 2.75) is 17.7 Å². The van der Waals surface area contributed by atoms with Gasteiger partial charge in [-0.1, -0.05) is 18.2 Å². The Morgan fingerprint density at radius 1 is 1.27 bits per heavy atom. The van der Waals surface area contributed by atoms with Gasteiger partial charge in [-0.15, -0.1) is 0 Å². The fourth-order valence-electron chi connectivity index (χ4n) is 1.16. The highest BCUT2D eigenvalue weighted by atomic mass is 32.2. The van der Waals surface area contributed by atoms with E-state index in [1.165, 1.54) is 0 Å². The number of aliphatic imine (C=N–C) groups is 1. The molecule has 0 aliphatic heterocycles. The van der Waals surface area contributed by atoms with Gasteiger partial charge in [-0.3, -0.25) is 4.21 Å². The first-order valence-corrected chi connectivity index (χ1v) is 6.54. The van der Waals surface area contributed by atoms with Gasteiger partial charge in [0.15, 0.2) is 0 Å². The molecule has 0 aromatic heterocycles. The van der Waals surface area contributed by atoms with Crippen molar-refractivity contribution in [1.29, 1.82) is 0 Å². The molecule has 1 atom stereocenters. The molecule has 0 aliphatic rings. The van der Waals surface area contributed by atoms with Gasteiger partial charge in [0.05, 0.1) is 16.0 Å². The topological polar surface area (TPSA) is 29.4 Å². The quantitative estimate of drug-likeness (QED) is 0.434. The van der Waals surface area contributed by atoms with Crippen LogP contribution >= 0.6 is 12.2 Å². The Balaban J connectivity index is 2.28. The Bertz CT molecular complexity index is 358. The molecule has 0 aliphatic carbocycles. The van der Waals surface area contributed by atoms with Crippen LogP contribution in [0.15, 0.2) is 40.2 Å². The summed E-state index contributed by atoms with van der Waals surface area (Å²) in [5.74, 6) is 0.691. The van der Waals surface area contributed by atoms with Gasteiger partial charge in [0.2, 0.25) is 0 Å². The van der Waals surface area contributed by atoms with Gasteiger partial charge in [0, 0.05) is 17.2 Å². The van der Waals surface area contributed by atoms with Gasteiger partial charge in [0.25, 0.3) is 0 Å². The third kappa shape index (κ3) is 4.98. The first-order chi connectivity index (χ1) is 7.34.